The van der Waals surface area contributed by atoms with Gasteiger partial charge in [-0.1, -0.05) is 19.4 Å². The van der Waals surface area contributed by atoms with Gasteiger partial charge in [-0.25, -0.2) is 4.98 Å². The predicted octanol–water partition coefficient (Wildman–Crippen LogP) is 3.47. The summed E-state index contributed by atoms with van der Waals surface area (Å²) < 4.78 is 0. The molecule has 3 heteroatoms. The number of hydrogen-bond donors (Lipinski definition) is 0. The van der Waals surface area contributed by atoms with E-state index in [1.165, 1.54) is 31.4 Å². The van der Waals surface area contributed by atoms with Gasteiger partial charge in [0.25, 0.3) is 0 Å². The van der Waals surface area contributed by atoms with Gasteiger partial charge in [-0.3, -0.25) is 4.90 Å². The third-order valence-electron chi connectivity index (χ3n) is 4.26. The molecule has 19 heavy (non-hydrogen) atoms. The van der Waals surface area contributed by atoms with Crippen LogP contribution in [0.25, 0.3) is 0 Å². The van der Waals surface area contributed by atoms with Gasteiger partial charge in [-0.15, -0.1) is 0 Å². The van der Waals surface area contributed by atoms with Crippen molar-refractivity contribution in [1.29, 1.82) is 0 Å². The molecule has 0 amide bonds. The fraction of sp³-hybridized carbons (Fsp3) is 0.688. The van der Waals surface area contributed by atoms with Crippen LogP contribution in [0.3, 0.4) is 0 Å². The summed E-state index contributed by atoms with van der Waals surface area (Å²) in [4.78, 5) is 9.54. The van der Waals surface area contributed by atoms with Crippen molar-refractivity contribution in [2.75, 3.05) is 31.1 Å². The van der Waals surface area contributed by atoms with Gasteiger partial charge in [0.05, 0.1) is 0 Å². The number of pyridine rings is 1. The van der Waals surface area contributed by atoms with Gasteiger partial charge >= 0.3 is 0 Å². The molecule has 0 unspecified atom stereocenters. The number of hydrogen-bond acceptors (Lipinski definition) is 3. The molecule has 2 heterocycles. The van der Waals surface area contributed by atoms with Crippen molar-refractivity contribution in [3.05, 3.63) is 23.9 Å². The lowest BCUT2D eigenvalue weighted by atomic mass is 9.96. The van der Waals surface area contributed by atoms with Crippen LogP contribution < -0.4 is 4.90 Å². The van der Waals surface area contributed by atoms with E-state index in [0.717, 1.165) is 25.5 Å². The van der Waals surface area contributed by atoms with Crippen LogP contribution in [0.15, 0.2) is 18.3 Å². The van der Waals surface area contributed by atoms with Crippen molar-refractivity contribution < 1.29 is 0 Å². The molecule has 3 nitrogen and oxygen atoms in total. The Balaban J connectivity index is 2.12. The molecule has 0 spiro atoms. The van der Waals surface area contributed by atoms with E-state index in [1.54, 1.807) is 0 Å². The minimum Gasteiger partial charge on any atom is -0.357 e. The predicted molar refractivity (Wildman–Crippen MR) is 81.6 cm³/mol. The zero-order chi connectivity index (χ0) is 13.7. The number of aromatic nitrogens is 1. The molecule has 0 saturated carbocycles. The van der Waals surface area contributed by atoms with Crippen LogP contribution in [0.4, 0.5) is 5.82 Å². The van der Waals surface area contributed by atoms with E-state index in [2.05, 4.69) is 53.9 Å². The summed E-state index contributed by atoms with van der Waals surface area (Å²) in [6.45, 7) is 11.0. The van der Waals surface area contributed by atoms with Crippen LogP contribution in [0.5, 0.6) is 0 Å². The maximum Gasteiger partial charge on any atom is 0.128 e. The smallest absolute Gasteiger partial charge is 0.128 e. The van der Waals surface area contributed by atoms with Gasteiger partial charge in [0.2, 0.25) is 0 Å². The first-order valence-electron chi connectivity index (χ1n) is 7.75. The fourth-order valence-corrected chi connectivity index (χ4v) is 3.08. The van der Waals surface area contributed by atoms with Crippen molar-refractivity contribution >= 4 is 5.82 Å². The summed E-state index contributed by atoms with van der Waals surface area (Å²) >= 11 is 0. The molecule has 1 aromatic rings. The number of nitrogens with zero attached hydrogens (tertiary/aromatic N) is 3. The van der Waals surface area contributed by atoms with E-state index in [-0.39, 0.29) is 0 Å². The highest BCUT2D eigenvalue weighted by atomic mass is 15.2. The third-order valence-corrected chi connectivity index (χ3v) is 4.26. The monoisotopic (exact) mass is 261 g/mol. The van der Waals surface area contributed by atoms with Gasteiger partial charge < -0.3 is 4.90 Å². The van der Waals surface area contributed by atoms with E-state index in [9.17, 15) is 0 Å². The molecule has 1 aliphatic rings. The fourth-order valence-electron chi connectivity index (χ4n) is 3.08. The van der Waals surface area contributed by atoms with Crippen LogP contribution >= 0.6 is 0 Å². The lowest BCUT2D eigenvalue weighted by Gasteiger charge is -2.35. The van der Waals surface area contributed by atoms with Crippen LogP contribution in [-0.4, -0.2) is 36.1 Å². The average Bonchev–Trinajstić information content (AvgIpc) is 2.49. The Morgan fingerprint density at radius 3 is 2.58 bits per heavy atom. The zero-order valence-electron chi connectivity index (χ0n) is 12.6. The molecule has 106 valence electrons. The minimum atomic E-state index is 0.581. The van der Waals surface area contributed by atoms with Crippen LogP contribution in [0.2, 0.25) is 0 Å². The number of anilines is 1. The van der Waals surface area contributed by atoms with E-state index < -0.39 is 0 Å². The quantitative estimate of drug-likeness (QED) is 0.809. The zero-order valence-corrected chi connectivity index (χ0v) is 12.6. The first-order chi connectivity index (χ1) is 9.30. The molecule has 1 fully saturated rings. The van der Waals surface area contributed by atoms with Gasteiger partial charge in [0.1, 0.15) is 5.82 Å². The maximum absolute atomic E-state index is 4.66. The van der Waals surface area contributed by atoms with Crippen molar-refractivity contribution in [3.8, 4) is 0 Å². The minimum absolute atomic E-state index is 0.581. The average molecular weight is 261 g/mol. The first-order valence-corrected chi connectivity index (χ1v) is 7.75. The highest BCUT2D eigenvalue weighted by molar-refractivity contribution is 5.39. The van der Waals surface area contributed by atoms with E-state index in [4.69, 9.17) is 0 Å². The Labute approximate surface area is 117 Å². The second-order valence-electron chi connectivity index (χ2n) is 5.26. The Morgan fingerprint density at radius 2 is 2.00 bits per heavy atom. The Bertz CT molecular complexity index is 370. The van der Waals surface area contributed by atoms with Gasteiger partial charge in [-0.2, -0.15) is 0 Å². The lowest BCUT2D eigenvalue weighted by molar-refractivity contribution is 0.157. The summed E-state index contributed by atoms with van der Waals surface area (Å²) in [5.41, 5.74) is 1.39. The van der Waals surface area contributed by atoms with Crippen molar-refractivity contribution in [2.45, 2.75) is 46.1 Å². The molecule has 1 aromatic heterocycles. The maximum atomic E-state index is 4.66. The van der Waals surface area contributed by atoms with E-state index in [0.29, 0.717) is 6.04 Å². The van der Waals surface area contributed by atoms with E-state index in [1.807, 2.05) is 0 Å². The topological polar surface area (TPSA) is 19.4 Å². The highest BCUT2D eigenvalue weighted by Gasteiger charge is 2.22. The van der Waals surface area contributed by atoms with Gasteiger partial charge in [0, 0.05) is 25.3 Å². The molecule has 1 atom stereocenters. The summed E-state index contributed by atoms with van der Waals surface area (Å²) in [6, 6.07) is 5.04. The Morgan fingerprint density at radius 1 is 1.21 bits per heavy atom. The van der Waals surface area contributed by atoms with Gasteiger partial charge in [-0.05, 0) is 51.4 Å². The van der Waals surface area contributed by atoms with Crippen LogP contribution in [-0.2, 0) is 0 Å². The molecular weight excluding hydrogens is 234 g/mol. The molecule has 0 N–H and O–H groups in total. The molecule has 0 aliphatic carbocycles. The number of piperidine rings is 1. The van der Waals surface area contributed by atoms with Crippen molar-refractivity contribution in [3.63, 3.8) is 0 Å². The number of rotatable bonds is 5. The Hall–Kier alpha value is -1.09. The molecular formula is C16H27N3. The second-order valence-corrected chi connectivity index (χ2v) is 5.26. The summed E-state index contributed by atoms with van der Waals surface area (Å²) in [7, 11) is 0. The summed E-state index contributed by atoms with van der Waals surface area (Å²) in [5.74, 6) is 1.10. The van der Waals surface area contributed by atoms with Crippen LogP contribution in [0, 0.1) is 0 Å². The molecule has 0 aromatic carbocycles. The highest BCUT2D eigenvalue weighted by Crippen LogP contribution is 2.30. The largest absolute Gasteiger partial charge is 0.357 e. The van der Waals surface area contributed by atoms with Crippen molar-refractivity contribution in [1.82, 2.24) is 9.88 Å². The second kappa shape index (κ2) is 6.90. The standard InChI is InChI=1S/C16H27N3/c1-4-18(5-2)16-11-10-14(13-17-16)15-9-7-8-12-19(15)6-3/h10-11,13,15H,4-9,12H2,1-3H3/t15-/m1/s1. The summed E-state index contributed by atoms with van der Waals surface area (Å²) in [5, 5.41) is 0. The summed E-state index contributed by atoms with van der Waals surface area (Å²) in [6.07, 6.45) is 6.06. The normalized spacial score (nSPS) is 20.5. The molecule has 1 aliphatic heterocycles. The lowest BCUT2D eigenvalue weighted by Crippen LogP contribution is -2.33. The Kier molecular flexibility index (Phi) is 5.20. The van der Waals surface area contributed by atoms with Gasteiger partial charge in [0.15, 0.2) is 0 Å². The molecule has 0 radical (unpaired) electrons. The molecule has 2 rings (SSSR count). The molecule has 0 bridgehead atoms. The molecule has 1 saturated heterocycles. The number of likely N-dealkylation sites (tertiary alicyclic amines) is 1. The third kappa shape index (κ3) is 3.27. The van der Waals surface area contributed by atoms with Crippen LogP contribution in [0.1, 0.15) is 51.6 Å². The van der Waals surface area contributed by atoms with E-state index >= 15 is 0 Å². The SMILES string of the molecule is CCN(CC)c1ccc([C@H]2CCCCN2CC)cn1. The first kappa shape index (κ1) is 14.3. The van der Waals surface area contributed by atoms with Crippen molar-refractivity contribution in [2.24, 2.45) is 0 Å².